The molecule has 0 radical (unpaired) electrons. The van der Waals surface area contributed by atoms with Gasteiger partial charge in [0, 0.05) is 11.6 Å². The Morgan fingerprint density at radius 1 is 1.11 bits per heavy atom. The standard InChI is InChI=1S/C15H15BrClNO/c1-18-9-11-2-4-12(5-3-11)10-19-15-7-6-13(17)8-14(15)16/h2-8,18H,9-10H2,1H3. The summed E-state index contributed by atoms with van der Waals surface area (Å²) >= 11 is 9.32. The van der Waals surface area contributed by atoms with Crippen molar-refractivity contribution in [1.29, 1.82) is 0 Å². The zero-order chi connectivity index (χ0) is 13.7. The fourth-order valence-corrected chi connectivity index (χ4v) is 2.51. The number of benzene rings is 2. The number of halogens is 2. The lowest BCUT2D eigenvalue weighted by Gasteiger charge is -2.09. The molecule has 0 aliphatic rings. The van der Waals surface area contributed by atoms with Crippen LogP contribution >= 0.6 is 27.5 Å². The molecule has 0 saturated heterocycles. The first-order chi connectivity index (χ1) is 9.19. The van der Waals surface area contributed by atoms with Crippen LogP contribution in [0.5, 0.6) is 5.75 Å². The highest BCUT2D eigenvalue weighted by molar-refractivity contribution is 9.10. The van der Waals surface area contributed by atoms with Gasteiger partial charge in [0.05, 0.1) is 4.47 Å². The predicted octanol–water partition coefficient (Wildman–Crippen LogP) is 4.40. The highest BCUT2D eigenvalue weighted by Gasteiger charge is 2.02. The Morgan fingerprint density at radius 2 is 1.79 bits per heavy atom. The summed E-state index contributed by atoms with van der Waals surface area (Å²) in [6.07, 6.45) is 0. The molecular weight excluding hydrogens is 326 g/mol. The number of hydrogen-bond acceptors (Lipinski definition) is 2. The van der Waals surface area contributed by atoms with Crippen molar-refractivity contribution >= 4 is 27.5 Å². The van der Waals surface area contributed by atoms with Gasteiger partial charge in [-0.25, -0.2) is 0 Å². The topological polar surface area (TPSA) is 21.3 Å². The van der Waals surface area contributed by atoms with E-state index in [2.05, 4.69) is 45.5 Å². The first-order valence-corrected chi connectivity index (χ1v) is 7.16. The molecule has 0 spiro atoms. The van der Waals surface area contributed by atoms with Gasteiger partial charge in [0.1, 0.15) is 12.4 Å². The molecule has 19 heavy (non-hydrogen) atoms. The summed E-state index contributed by atoms with van der Waals surface area (Å²) in [5.74, 6) is 0.795. The van der Waals surface area contributed by atoms with Crippen molar-refractivity contribution < 1.29 is 4.74 Å². The van der Waals surface area contributed by atoms with E-state index in [1.165, 1.54) is 5.56 Å². The summed E-state index contributed by atoms with van der Waals surface area (Å²) in [6, 6.07) is 13.9. The van der Waals surface area contributed by atoms with Gasteiger partial charge in [-0.15, -0.1) is 0 Å². The monoisotopic (exact) mass is 339 g/mol. The van der Waals surface area contributed by atoms with Crippen LogP contribution in [-0.2, 0) is 13.2 Å². The normalized spacial score (nSPS) is 10.5. The maximum Gasteiger partial charge on any atom is 0.134 e. The van der Waals surface area contributed by atoms with Crippen LogP contribution in [0.2, 0.25) is 5.02 Å². The highest BCUT2D eigenvalue weighted by atomic mass is 79.9. The second-order valence-corrected chi connectivity index (χ2v) is 5.50. The molecular formula is C15H15BrClNO. The van der Waals surface area contributed by atoms with E-state index in [0.717, 1.165) is 22.3 Å². The zero-order valence-electron chi connectivity index (χ0n) is 10.6. The summed E-state index contributed by atoms with van der Waals surface area (Å²) < 4.78 is 6.62. The zero-order valence-corrected chi connectivity index (χ0v) is 13.0. The molecule has 100 valence electrons. The minimum Gasteiger partial charge on any atom is -0.488 e. The van der Waals surface area contributed by atoms with Crippen LogP contribution in [0.3, 0.4) is 0 Å². The van der Waals surface area contributed by atoms with Gasteiger partial charge in [0.15, 0.2) is 0 Å². The lowest BCUT2D eigenvalue weighted by Crippen LogP contribution is -2.05. The minimum absolute atomic E-state index is 0.542. The third-order valence-corrected chi connectivity index (χ3v) is 3.55. The van der Waals surface area contributed by atoms with Crippen LogP contribution < -0.4 is 10.1 Å². The lowest BCUT2D eigenvalue weighted by molar-refractivity contribution is 0.304. The Bertz CT molecular complexity index is 542. The van der Waals surface area contributed by atoms with Gasteiger partial charge in [-0.1, -0.05) is 35.9 Å². The smallest absolute Gasteiger partial charge is 0.134 e. The third-order valence-electron chi connectivity index (χ3n) is 2.69. The molecule has 0 aromatic heterocycles. The molecule has 0 heterocycles. The first-order valence-electron chi connectivity index (χ1n) is 5.99. The average molecular weight is 341 g/mol. The van der Waals surface area contributed by atoms with Gasteiger partial charge in [-0.2, -0.15) is 0 Å². The maximum absolute atomic E-state index is 5.89. The molecule has 0 aliphatic heterocycles. The largest absolute Gasteiger partial charge is 0.488 e. The lowest BCUT2D eigenvalue weighted by atomic mass is 10.1. The molecule has 0 saturated carbocycles. The van der Waals surface area contributed by atoms with E-state index in [9.17, 15) is 0 Å². The second-order valence-electron chi connectivity index (χ2n) is 4.21. The van der Waals surface area contributed by atoms with Crippen molar-refractivity contribution in [3.05, 3.63) is 63.1 Å². The van der Waals surface area contributed by atoms with Crippen LogP contribution in [0.15, 0.2) is 46.9 Å². The van der Waals surface area contributed by atoms with Gasteiger partial charge in [0.25, 0.3) is 0 Å². The van der Waals surface area contributed by atoms with Gasteiger partial charge in [-0.05, 0) is 52.3 Å². The quantitative estimate of drug-likeness (QED) is 0.871. The van der Waals surface area contributed by atoms with E-state index < -0.39 is 0 Å². The molecule has 0 unspecified atom stereocenters. The van der Waals surface area contributed by atoms with Crippen LogP contribution in [0.25, 0.3) is 0 Å². The number of rotatable bonds is 5. The third kappa shape index (κ3) is 4.23. The van der Waals surface area contributed by atoms with Gasteiger partial charge in [0.2, 0.25) is 0 Å². The second kappa shape index (κ2) is 6.94. The van der Waals surface area contributed by atoms with E-state index in [1.54, 1.807) is 0 Å². The van der Waals surface area contributed by atoms with E-state index in [0.29, 0.717) is 11.6 Å². The number of ether oxygens (including phenoxy) is 1. The average Bonchev–Trinajstić information content (AvgIpc) is 2.40. The van der Waals surface area contributed by atoms with E-state index in [4.69, 9.17) is 16.3 Å². The number of nitrogens with one attached hydrogen (secondary N) is 1. The Morgan fingerprint density at radius 3 is 2.42 bits per heavy atom. The van der Waals surface area contributed by atoms with E-state index >= 15 is 0 Å². The molecule has 2 rings (SSSR count). The fourth-order valence-electron chi connectivity index (χ4n) is 1.71. The minimum atomic E-state index is 0.542. The van der Waals surface area contributed by atoms with Crippen molar-refractivity contribution in [2.75, 3.05) is 7.05 Å². The Hall–Kier alpha value is -1.03. The first kappa shape index (κ1) is 14.4. The molecule has 1 N–H and O–H groups in total. The van der Waals surface area contributed by atoms with Crippen molar-refractivity contribution in [1.82, 2.24) is 5.32 Å². The van der Waals surface area contributed by atoms with E-state index in [-0.39, 0.29) is 0 Å². The van der Waals surface area contributed by atoms with Crippen LogP contribution in [-0.4, -0.2) is 7.05 Å². The Balaban J connectivity index is 1.98. The summed E-state index contributed by atoms with van der Waals surface area (Å²) in [6.45, 7) is 1.42. The van der Waals surface area contributed by atoms with E-state index in [1.807, 2.05) is 25.2 Å². The fraction of sp³-hybridized carbons (Fsp3) is 0.200. The Labute approximate surface area is 126 Å². The Kier molecular flexibility index (Phi) is 5.25. The molecule has 0 aliphatic carbocycles. The maximum atomic E-state index is 5.89. The van der Waals surface area contributed by atoms with Crippen LogP contribution in [0, 0.1) is 0 Å². The van der Waals surface area contributed by atoms with Crippen molar-refractivity contribution in [2.45, 2.75) is 13.2 Å². The van der Waals surface area contributed by atoms with Gasteiger partial charge in [-0.3, -0.25) is 0 Å². The summed E-state index contributed by atoms with van der Waals surface area (Å²) in [7, 11) is 1.94. The molecule has 0 amide bonds. The predicted molar refractivity (Wildman–Crippen MR) is 82.7 cm³/mol. The highest BCUT2D eigenvalue weighted by Crippen LogP contribution is 2.28. The van der Waals surface area contributed by atoms with Crippen molar-refractivity contribution in [3.8, 4) is 5.75 Å². The molecule has 0 atom stereocenters. The molecule has 4 heteroatoms. The molecule has 0 fully saturated rings. The summed E-state index contributed by atoms with van der Waals surface area (Å²) in [4.78, 5) is 0. The van der Waals surface area contributed by atoms with Crippen molar-refractivity contribution in [3.63, 3.8) is 0 Å². The molecule has 2 aromatic carbocycles. The van der Waals surface area contributed by atoms with Crippen molar-refractivity contribution in [2.24, 2.45) is 0 Å². The van der Waals surface area contributed by atoms with Crippen LogP contribution in [0.1, 0.15) is 11.1 Å². The van der Waals surface area contributed by atoms with Gasteiger partial charge < -0.3 is 10.1 Å². The van der Waals surface area contributed by atoms with Gasteiger partial charge >= 0.3 is 0 Å². The molecule has 2 nitrogen and oxygen atoms in total. The summed E-state index contributed by atoms with van der Waals surface area (Å²) in [5.41, 5.74) is 2.40. The molecule has 0 bridgehead atoms. The number of hydrogen-bond donors (Lipinski definition) is 1. The molecule has 2 aromatic rings. The van der Waals surface area contributed by atoms with Crippen LogP contribution in [0.4, 0.5) is 0 Å². The SMILES string of the molecule is CNCc1ccc(COc2ccc(Cl)cc2Br)cc1. The summed E-state index contributed by atoms with van der Waals surface area (Å²) in [5, 5.41) is 3.81.